The number of halogens is 2. The predicted octanol–water partition coefficient (Wildman–Crippen LogP) is 2.62. The molecule has 4 rings (SSSR count). The van der Waals surface area contributed by atoms with Crippen molar-refractivity contribution in [2.75, 3.05) is 18.5 Å². The van der Waals surface area contributed by atoms with Crippen LogP contribution in [0.4, 0.5) is 5.69 Å². The van der Waals surface area contributed by atoms with Crippen LogP contribution in [0.25, 0.3) is 0 Å². The molecule has 7 nitrogen and oxygen atoms in total. The van der Waals surface area contributed by atoms with Crippen molar-refractivity contribution >= 4 is 56.9 Å². The van der Waals surface area contributed by atoms with Crippen LogP contribution in [0, 0.1) is 23.7 Å². The number of hydrogen-bond acceptors (Lipinski definition) is 5. The molecule has 2 aliphatic carbocycles. The molecule has 2 saturated carbocycles. The Morgan fingerprint density at radius 3 is 2.43 bits per heavy atom. The van der Waals surface area contributed by atoms with Crippen LogP contribution in [0.2, 0.25) is 5.02 Å². The normalized spacial score (nSPS) is 27.9. The Labute approximate surface area is 174 Å². The fraction of sp³-hybridized carbons (Fsp3) is 0.474. The molecule has 1 aromatic rings. The Hall–Kier alpha value is -1.93. The molecular weight excluding hydrogens is 452 g/mol. The van der Waals surface area contributed by atoms with E-state index in [0.717, 1.165) is 28.6 Å². The monoisotopic (exact) mass is 468 g/mol. The third-order valence-corrected chi connectivity index (χ3v) is 6.68. The highest BCUT2D eigenvalue weighted by Crippen LogP contribution is 2.56. The average molecular weight is 470 g/mol. The summed E-state index contributed by atoms with van der Waals surface area (Å²) in [5.41, 5.74) is 0.388. The van der Waals surface area contributed by atoms with Crippen molar-refractivity contribution in [2.24, 2.45) is 23.7 Å². The topological polar surface area (TPSA) is 92.8 Å². The number of anilines is 1. The number of carbonyl (C=O) groups is 4. The van der Waals surface area contributed by atoms with Gasteiger partial charge in [0.15, 0.2) is 6.61 Å². The first-order valence-corrected chi connectivity index (χ1v) is 10.3. The molecule has 1 N–H and O–H groups in total. The second-order valence-corrected chi connectivity index (χ2v) is 8.80. The zero-order chi connectivity index (χ0) is 20.0. The van der Waals surface area contributed by atoms with Crippen LogP contribution in [0.5, 0.6) is 0 Å². The number of nitrogens with zero attached hydrogens (tertiary/aromatic N) is 1. The van der Waals surface area contributed by atoms with Gasteiger partial charge in [0.25, 0.3) is 5.91 Å². The van der Waals surface area contributed by atoms with Crippen molar-refractivity contribution in [3.63, 3.8) is 0 Å². The molecule has 28 heavy (non-hydrogen) atoms. The quantitative estimate of drug-likeness (QED) is 0.529. The van der Waals surface area contributed by atoms with Gasteiger partial charge in [-0.3, -0.25) is 24.1 Å². The number of nitrogens with one attached hydrogen (secondary N) is 1. The number of ether oxygens (including phenoxy) is 1. The first-order chi connectivity index (χ1) is 13.3. The Kier molecular flexibility index (Phi) is 5.18. The number of imide groups is 1. The van der Waals surface area contributed by atoms with E-state index in [2.05, 4.69) is 21.2 Å². The Morgan fingerprint density at radius 2 is 1.82 bits per heavy atom. The number of rotatable bonds is 5. The summed E-state index contributed by atoms with van der Waals surface area (Å²) in [6, 6.07) is 4.95. The van der Waals surface area contributed by atoms with E-state index in [0.29, 0.717) is 10.7 Å². The summed E-state index contributed by atoms with van der Waals surface area (Å²) in [7, 11) is 0. The smallest absolute Gasteiger partial charge is 0.326 e. The number of carbonyl (C=O) groups excluding carboxylic acids is 4. The van der Waals surface area contributed by atoms with Crippen LogP contribution in [-0.4, -0.2) is 41.7 Å². The maximum absolute atomic E-state index is 12.6. The molecule has 3 amide bonds. The molecule has 0 unspecified atom stereocenters. The minimum absolute atomic E-state index is 0.258. The van der Waals surface area contributed by atoms with E-state index in [1.165, 1.54) is 0 Å². The van der Waals surface area contributed by atoms with Crippen LogP contribution in [0.15, 0.2) is 22.7 Å². The van der Waals surface area contributed by atoms with Gasteiger partial charge in [-0.2, -0.15) is 0 Å². The molecule has 3 fully saturated rings. The first-order valence-electron chi connectivity index (χ1n) is 9.11. The van der Waals surface area contributed by atoms with E-state index in [4.69, 9.17) is 16.3 Å². The largest absolute Gasteiger partial charge is 0.454 e. The molecule has 3 aliphatic rings. The summed E-state index contributed by atoms with van der Waals surface area (Å²) < 4.78 is 5.70. The minimum Gasteiger partial charge on any atom is -0.454 e. The molecule has 1 heterocycles. The lowest BCUT2D eigenvalue weighted by Crippen LogP contribution is -2.38. The van der Waals surface area contributed by atoms with Gasteiger partial charge in [-0.25, -0.2) is 0 Å². The maximum Gasteiger partial charge on any atom is 0.326 e. The van der Waals surface area contributed by atoms with E-state index < -0.39 is 25.0 Å². The van der Waals surface area contributed by atoms with Crippen molar-refractivity contribution in [3.8, 4) is 0 Å². The number of likely N-dealkylation sites (tertiary alicyclic amines) is 1. The summed E-state index contributed by atoms with van der Waals surface area (Å²) in [4.78, 5) is 50.2. The molecule has 1 saturated heterocycles. The van der Waals surface area contributed by atoms with Crippen molar-refractivity contribution in [1.82, 2.24) is 4.90 Å². The zero-order valence-electron chi connectivity index (χ0n) is 14.8. The molecule has 1 aliphatic heterocycles. The number of fused-ring (bicyclic) bond motifs is 5. The molecular formula is C19H18BrClN2O5. The van der Waals surface area contributed by atoms with Crippen LogP contribution < -0.4 is 5.32 Å². The van der Waals surface area contributed by atoms with Gasteiger partial charge in [0.2, 0.25) is 11.8 Å². The van der Waals surface area contributed by atoms with Crippen LogP contribution in [-0.2, 0) is 23.9 Å². The summed E-state index contributed by atoms with van der Waals surface area (Å²) in [6.45, 7) is -0.976. The van der Waals surface area contributed by atoms with Crippen molar-refractivity contribution < 1.29 is 23.9 Å². The van der Waals surface area contributed by atoms with Gasteiger partial charge >= 0.3 is 5.97 Å². The van der Waals surface area contributed by atoms with Gasteiger partial charge in [-0.1, -0.05) is 27.5 Å². The van der Waals surface area contributed by atoms with Gasteiger partial charge < -0.3 is 10.1 Å². The number of esters is 1. The lowest BCUT2D eigenvalue weighted by atomic mass is 9.81. The van der Waals surface area contributed by atoms with E-state index in [9.17, 15) is 19.2 Å². The Morgan fingerprint density at radius 1 is 1.18 bits per heavy atom. The molecule has 0 radical (unpaired) electrons. The fourth-order valence-corrected chi connectivity index (χ4v) is 5.44. The molecule has 1 aromatic carbocycles. The van der Waals surface area contributed by atoms with Gasteiger partial charge in [0, 0.05) is 4.47 Å². The van der Waals surface area contributed by atoms with E-state index in [1.807, 2.05) is 0 Å². The summed E-state index contributed by atoms with van der Waals surface area (Å²) >= 11 is 9.29. The van der Waals surface area contributed by atoms with Gasteiger partial charge in [-0.05, 0) is 49.3 Å². The van der Waals surface area contributed by atoms with Gasteiger partial charge in [0.05, 0.1) is 22.5 Å². The van der Waals surface area contributed by atoms with E-state index in [1.54, 1.807) is 18.2 Å². The SMILES string of the molecule is O=C(COC(=O)CN1C(=O)[C@@H]2[C@H]3CC[C@@H](C3)[C@@H]2C1=O)Nc1ccc(Br)cc1Cl. The highest BCUT2D eigenvalue weighted by Gasteiger charge is 2.61. The molecule has 0 spiro atoms. The second kappa shape index (κ2) is 7.48. The highest BCUT2D eigenvalue weighted by atomic mass is 79.9. The number of hydrogen-bond donors (Lipinski definition) is 1. The summed E-state index contributed by atoms with van der Waals surface area (Å²) in [5, 5.41) is 2.88. The highest BCUT2D eigenvalue weighted by molar-refractivity contribution is 9.10. The first kappa shape index (κ1) is 19.4. The fourth-order valence-electron chi connectivity index (χ4n) is 4.72. The van der Waals surface area contributed by atoms with E-state index >= 15 is 0 Å². The average Bonchev–Trinajstić information content (AvgIpc) is 3.32. The molecule has 4 atom stereocenters. The summed E-state index contributed by atoms with van der Waals surface area (Å²) in [6.07, 6.45) is 2.88. The van der Waals surface area contributed by atoms with E-state index in [-0.39, 0.29) is 35.5 Å². The number of amides is 3. The molecule has 0 aromatic heterocycles. The van der Waals surface area contributed by atoms with Crippen LogP contribution in [0.3, 0.4) is 0 Å². The Bertz CT molecular complexity index is 848. The zero-order valence-corrected chi connectivity index (χ0v) is 17.2. The Balaban J connectivity index is 1.29. The van der Waals surface area contributed by atoms with Crippen molar-refractivity contribution in [1.29, 1.82) is 0 Å². The third-order valence-electron chi connectivity index (χ3n) is 5.88. The minimum atomic E-state index is -0.786. The molecule has 9 heteroatoms. The predicted molar refractivity (Wildman–Crippen MR) is 103 cm³/mol. The van der Waals surface area contributed by atoms with Crippen molar-refractivity contribution in [3.05, 3.63) is 27.7 Å². The maximum atomic E-state index is 12.6. The third kappa shape index (κ3) is 3.43. The second-order valence-electron chi connectivity index (χ2n) is 7.48. The molecule has 2 bridgehead atoms. The lowest BCUT2D eigenvalue weighted by Gasteiger charge is -2.19. The standard InChI is InChI=1S/C19H18BrClN2O5/c20-11-3-4-13(12(21)6-11)22-14(24)8-28-15(25)7-23-18(26)16-9-1-2-10(5-9)17(16)19(23)27/h3-4,6,9-10,16-17H,1-2,5,7-8H2,(H,22,24)/t9-,10-,16-,17+/m0/s1. The van der Waals surface area contributed by atoms with Crippen LogP contribution in [0.1, 0.15) is 19.3 Å². The molecule has 148 valence electrons. The lowest BCUT2D eigenvalue weighted by molar-refractivity contribution is -0.154. The number of benzene rings is 1. The summed E-state index contributed by atoms with van der Waals surface area (Å²) in [5.74, 6) is -1.93. The van der Waals surface area contributed by atoms with Gasteiger partial charge in [0.1, 0.15) is 6.54 Å². The van der Waals surface area contributed by atoms with Gasteiger partial charge in [-0.15, -0.1) is 0 Å². The van der Waals surface area contributed by atoms with Crippen molar-refractivity contribution in [2.45, 2.75) is 19.3 Å². The van der Waals surface area contributed by atoms with Crippen LogP contribution >= 0.6 is 27.5 Å².